The monoisotopic (exact) mass is 327 g/mol. The Morgan fingerprint density at radius 2 is 2.13 bits per heavy atom. The molecule has 5 heteroatoms. The van der Waals surface area contributed by atoms with E-state index in [2.05, 4.69) is 27.8 Å². The molecule has 0 spiro atoms. The lowest BCUT2D eigenvalue weighted by Gasteiger charge is -2.34. The number of nitrogens with zero attached hydrogens (tertiary/aromatic N) is 1. The highest BCUT2D eigenvalue weighted by Gasteiger charge is 2.48. The average molecular weight is 328 g/mol. The van der Waals surface area contributed by atoms with Crippen LogP contribution in [0.25, 0.3) is 0 Å². The Morgan fingerprint density at radius 3 is 3.04 bits per heavy atom. The molecule has 1 fully saturated rings. The van der Waals surface area contributed by atoms with Gasteiger partial charge in [0.2, 0.25) is 0 Å². The summed E-state index contributed by atoms with van der Waals surface area (Å²) in [5.74, 6) is 0.608. The molecule has 4 nitrogen and oxygen atoms in total. The van der Waals surface area contributed by atoms with Crippen molar-refractivity contribution in [3.63, 3.8) is 0 Å². The molecule has 1 saturated heterocycles. The lowest BCUT2D eigenvalue weighted by Crippen LogP contribution is -2.41. The molecule has 0 aromatic rings. The maximum atomic E-state index is 12.8. The van der Waals surface area contributed by atoms with Gasteiger partial charge in [-0.15, -0.1) is 0 Å². The largest absolute Gasteiger partial charge is 0.387 e. The van der Waals surface area contributed by atoms with Crippen molar-refractivity contribution in [2.75, 3.05) is 6.54 Å². The van der Waals surface area contributed by atoms with Crippen molar-refractivity contribution in [3.8, 4) is 0 Å². The molecule has 0 saturated carbocycles. The molecule has 2 unspecified atom stereocenters. The molecule has 118 valence electrons. The minimum absolute atomic E-state index is 0.223. The maximum absolute atomic E-state index is 12.8. The van der Waals surface area contributed by atoms with Gasteiger partial charge in [-0.05, 0) is 25.3 Å². The summed E-state index contributed by atoms with van der Waals surface area (Å²) in [7, 11) is 0. The molecule has 0 amide bonds. The first-order chi connectivity index (χ1) is 11.3. The highest BCUT2D eigenvalue weighted by atomic mass is 35.5. The van der Waals surface area contributed by atoms with Gasteiger partial charge in [-0.25, -0.2) is 0 Å². The highest BCUT2D eigenvalue weighted by molar-refractivity contribution is 6.33. The Morgan fingerprint density at radius 1 is 1.22 bits per heavy atom. The number of dihydropyridines is 1. The zero-order valence-corrected chi connectivity index (χ0v) is 13.5. The summed E-state index contributed by atoms with van der Waals surface area (Å²) in [6.45, 7) is 0.807. The van der Waals surface area contributed by atoms with Crippen molar-refractivity contribution < 1.29 is 4.79 Å². The minimum Gasteiger partial charge on any atom is -0.387 e. The molecule has 5 aliphatic rings. The van der Waals surface area contributed by atoms with Crippen LogP contribution in [0.3, 0.4) is 0 Å². The summed E-state index contributed by atoms with van der Waals surface area (Å²) in [5, 5.41) is 7.50. The number of Topliss-reactive ketones (excluding diaryl/α,β-unsaturated/α-hetero) is 1. The first-order valence-corrected chi connectivity index (χ1v) is 8.65. The van der Waals surface area contributed by atoms with Crippen LogP contribution in [0.15, 0.2) is 57.8 Å². The molecule has 3 heterocycles. The molecule has 5 rings (SSSR count). The third-order valence-corrected chi connectivity index (χ3v) is 5.81. The van der Waals surface area contributed by atoms with E-state index in [9.17, 15) is 4.79 Å². The Hall–Kier alpha value is -1.94. The van der Waals surface area contributed by atoms with Gasteiger partial charge in [-0.3, -0.25) is 4.79 Å². The van der Waals surface area contributed by atoms with Gasteiger partial charge in [0, 0.05) is 64.6 Å². The molecule has 0 bridgehead atoms. The van der Waals surface area contributed by atoms with Crippen LogP contribution in [0.1, 0.15) is 25.7 Å². The third kappa shape index (κ3) is 1.75. The fraction of sp³-hybridized carbons (Fsp3) is 0.389. The predicted molar refractivity (Wildman–Crippen MR) is 88.9 cm³/mol. The summed E-state index contributed by atoms with van der Waals surface area (Å²) in [4.78, 5) is 15.0. The minimum atomic E-state index is -0.289. The molecule has 0 radical (unpaired) electrons. The van der Waals surface area contributed by atoms with Crippen LogP contribution in [0.2, 0.25) is 0 Å². The Balaban J connectivity index is 1.75. The summed E-state index contributed by atoms with van der Waals surface area (Å²) < 4.78 is 0. The van der Waals surface area contributed by atoms with Crippen LogP contribution in [-0.4, -0.2) is 23.3 Å². The molecule has 3 aliphatic heterocycles. The van der Waals surface area contributed by atoms with Gasteiger partial charge in [0.05, 0.1) is 0 Å². The highest BCUT2D eigenvalue weighted by Crippen LogP contribution is 2.51. The van der Waals surface area contributed by atoms with E-state index in [1.807, 2.05) is 12.3 Å². The molecule has 2 aliphatic carbocycles. The van der Waals surface area contributed by atoms with E-state index in [1.165, 1.54) is 29.1 Å². The SMILES string of the molecule is O=C1CC=C(Cl)C2=CNC3=C4C(CCC3)C3=CNCC=C3N4C12. The van der Waals surface area contributed by atoms with E-state index in [-0.39, 0.29) is 11.8 Å². The summed E-state index contributed by atoms with van der Waals surface area (Å²) in [6.07, 6.45) is 11.9. The van der Waals surface area contributed by atoms with Crippen molar-refractivity contribution in [2.45, 2.75) is 31.7 Å². The third-order valence-electron chi connectivity index (χ3n) is 5.44. The van der Waals surface area contributed by atoms with Gasteiger partial charge in [0.15, 0.2) is 5.78 Å². The second-order valence-corrected chi connectivity index (χ2v) is 7.05. The quantitative estimate of drug-likeness (QED) is 0.718. The first-order valence-electron chi connectivity index (χ1n) is 8.27. The van der Waals surface area contributed by atoms with Crippen molar-refractivity contribution in [3.05, 3.63) is 57.8 Å². The maximum Gasteiger partial charge on any atom is 0.164 e. The number of rotatable bonds is 0. The molecule has 0 aromatic carbocycles. The Labute approximate surface area is 140 Å². The van der Waals surface area contributed by atoms with Gasteiger partial charge in [0.25, 0.3) is 0 Å². The van der Waals surface area contributed by atoms with E-state index >= 15 is 0 Å². The number of carbonyl (C=O) groups excluding carboxylic acids is 1. The van der Waals surface area contributed by atoms with Crippen LogP contribution >= 0.6 is 11.6 Å². The van der Waals surface area contributed by atoms with Gasteiger partial charge < -0.3 is 15.5 Å². The summed E-state index contributed by atoms with van der Waals surface area (Å²) in [6, 6.07) is -0.289. The van der Waals surface area contributed by atoms with Crippen molar-refractivity contribution >= 4 is 17.4 Å². The zero-order chi connectivity index (χ0) is 15.6. The Kier molecular flexibility index (Phi) is 2.80. The topological polar surface area (TPSA) is 44.4 Å². The van der Waals surface area contributed by atoms with E-state index in [4.69, 9.17) is 11.6 Å². The Bertz CT molecular complexity index is 771. The van der Waals surface area contributed by atoms with Crippen LogP contribution < -0.4 is 10.6 Å². The van der Waals surface area contributed by atoms with Crippen molar-refractivity contribution in [2.24, 2.45) is 5.92 Å². The first kappa shape index (κ1) is 13.5. The number of nitrogens with one attached hydrogen (secondary N) is 2. The van der Waals surface area contributed by atoms with Crippen LogP contribution in [0.4, 0.5) is 0 Å². The number of halogens is 1. The number of ketones is 1. The normalized spacial score (nSPS) is 31.5. The average Bonchev–Trinajstić information content (AvgIpc) is 2.79. The van der Waals surface area contributed by atoms with Crippen molar-refractivity contribution in [1.29, 1.82) is 0 Å². The number of carbonyl (C=O) groups is 1. The van der Waals surface area contributed by atoms with E-state index in [1.54, 1.807) is 0 Å². The number of hydrogen-bond donors (Lipinski definition) is 2. The second-order valence-electron chi connectivity index (χ2n) is 6.64. The summed E-state index contributed by atoms with van der Waals surface area (Å²) in [5.41, 5.74) is 5.95. The smallest absolute Gasteiger partial charge is 0.164 e. The van der Waals surface area contributed by atoms with Gasteiger partial charge in [-0.2, -0.15) is 0 Å². The molecular weight excluding hydrogens is 310 g/mol. The molecular formula is C18H18ClN3O. The molecule has 2 atom stereocenters. The second kappa shape index (κ2) is 4.78. The van der Waals surface area contributed by atoms with E-state index in [0.717, 1.165) is 25.0 Å². The molecule has 2 N–H and O–H groups in total. The molecule has 0 aromatic heterocycles. The lowest BCUT2D eigenvalue weighted by atomic mass is 9.86. The van der Waals surface area contributed by atoms with Gasteiger partial charge in [-0.1, -0.05) is 17.7 Å². The number of fused-ring (bicyclic) bond motifs is 5. The van der Waals surface area contributed by atoms with Gasteiger partial charge >= 0.3 is 0 Å². The number of hydrogen-bond acceptors (Lipinski definition) is 4. The lowest BCUT2D eigenvalue weighted by molar-refractivity contribution is -0.121. The standard InChI is InChI=1S/C18H18ClN3O/c19-13-4-5-16(23)18-12(13)9-21-14-3-1-2-10-11-8-20-7-6-15(11)22(18)17(10)14/h4,6,8-10,18,20-21H,1-3,5,7H2. The van der Waals surface area contributed by atoms with E-state index in [0.29, 0.717) is 17.4 Å². The fourth-order valence-electron chi connectivity index (χ4n) is 4.48. The van der Waals surface area contributed by atoms with Gasteiger partial charge in [0.1, 0.15) is 6.04 Å². The molecule has 23 heavy (non-hydrogen) atoms. The summed E-state index contributed by atoms with van der Waals surface area (Å²) >= 11 is 6.45. The fourth-order valence-corrected chi connectivity index (χ4v) is 4.72. The van der Waals surface area contributed by atoms with Crippen LogP contribution in [0, 0.1) is 5.92 Å². The van der Waals surface area contributed by atoms with E-state index < -0.39 is 0 Å². The predicted octanol–water partition coefficient (Wildman–Crippen LogP) is 2.64. The van der Waals surface area contributed by atoms with Crippen molar-refractivity contribution in [1.82, 2.24) is 15.5 Å². The zero-order valence-electron chi connectivity index (χ0n) is 12.7. The number of allylic oxidation sites excluding steroid dienone is 4. The van der Waals surface area contributed by atoms with Crippen LogP contribution in [0.5, 0.6) is 0 Å². The van der Waals surface area contributed by atoms with Crippen LogP contribution in [-0.2, 0) is 4.79 Å².